The molecule has 6 nitrogen and oxygen atoms in total. The van der Waals surface area contributed by atoms with Crippen molar-refractivity contribution in [1.29, 1.82) is 0 Å². The monoisotopic (exact) mass is 270 g/mol. The molecule has 0 aliphatic rings. The summed E-state index contributed by atoms with van der Waals surface area (Å²) in [6.07, 6.45) is 2.53. The van der Waals surface area contributed by atoms with Crippen LogP contribution in [0.4, 0.5) is 0 Å². The highest BCUT2D eigenvalue weighted by Gasteiger charge is 2.22. The molecule has 0 aromatic heterocycles. The number of nitrogens with one attached hydrogen (secondary N) is 1. The predicted molar refractivity (Wildman–Crippen MR) is 69.2 cm³/mol. The van der Waals surface area contributed by atoms with Gasteiger partial charge in [0.2, 0.25) is 0 Å². The molecule has 0 aliphatic carbocycles. The van der Waals surface area contributed by atoms with Gasteiger partial charge in [-0.3, -0.25) is 0 Å². The molecule has 0 radical (unpaired) electrons. The summed E-state index contributed by atoms with van der Waals surface area (Å²) in [7, 11) is -5.64. The van der Waals surface area contributed by atoms with Crippen LogP contribution in [-0.4, -0.2) is 52.1 Å². The third-order valence-electron chi connectivity index (χ3n) is 1.42. The Morgan fingerprint density at radius 3 is 2.12 bits per heavy atom. The molecule has 0 saturated carbocycles. The molecule has 0 atom stereocenters. The van der Waals surface area contributed by atoms with Gasteiger partial charge < -0.3 is 29.6 Å². The summed E-state index contributed by atoms with van der Waals surface area (Å²) in [6.45, 7) is 7.96. The largest absolute Gasteiger partial charge is 0.469 e. The second-order valence-electron chi connectivity index (χ2n) is 3.78. The van der Waals surface area contributed by atoms with Crippen LogP contribution in [0.15, 0.2) is 0 Å². The summed E-state index contributed by atoms with van der Waals surface area (Å²) in [5.74, 6) is 0. The quantitative estimate of drug-likeness (QED) is 0.292. The predicted octanol–water partition coefficient (Wildman–Crippen LogP) is -1.27. The Kier molecular flexibility index (Phi) is 13.5. The molecule has 16 heavy (non-hydrogen) atoms. The summed E-state index contributed by atoms with van der Waals surface area (Å²) in [4.78, 5) is 25.3. The lowest BCUT2D eigenvalue weighted by Gasteiger charge is -2.14. The first kappa shape index (κ1) is 18.6. The van der Waals surface area contributed by atoms with Crippen molar-refractivity contribution < 1.29 is 18.5 Å². The molecular weight excluding hydrogens is 244 g/mol. The molecule has 0 fully saturated rings. The van der Waals surface area contributed by atoms with E-state index in [1.165, 1.54) is 25.9 Å². The molecule has 0 aromatic rings. The molecule has 0 amide bonds. The number of hydrogen-bond donors (Lipinski definition) is 5. The fourth-order valence-corrected chi connectivity index (χ4v) is 2.85. The summed E-state index contributed by atoms with van der Waals surface area (Å²) in [6, 6.07) is 0. The number of hydrogen-bond acceptors (Lipinski definition) is 6. The minimum absolute atomic E-state index is 0.754. The number of rotatable bonds is 7. The zero-order chi connectivity index (χ0) is 13.0. The van der Waals surface area contributed by atoms with Crippen molar-refractivity contribution in [3.63, 3.8) is 0 Å². The topological polar surface area (TPSA) is 108 Å². The van der Waals surface area contributed by atoms with Crippen molar-refractivity contribution in [2.75, 3.05) is 19.6 Å². The Bertz CT molecular complexity index is 138. The van der Waals surface area contributed by atoms with Crippen LogP contribution in [0, 0.1) is 0 Å². The van der Waals surface area contributed by atoms with E-state index in [1.54, 1.807) is 0 Å². The van der Waals surface area contributed by atoms with Crippen LogP contribution in [0.2, 0.25) is 13.1 Å². The third kappa shape index (κ3) is 23.8. The Morgan fingerprint density at radius 2 is 1.88 bits per heavy atom. The zero-order valence-corrected chi connectivity index (χ0v) is 12.6. The first-order valence-electron chi connectivity index (χ1n) is 5.50. The van der Waals surface area contributed by atoms with Gasteiger partial charge in [0, 0.05) is 13.1 Å². The first-order valence-corrected chi connectivity index (χ1v) is 9.86. The summed E-state index contributed by atoms with van der Waals surface area (Å²) < 4.78 is 4.38. The standard InChI is InChI=1S/C6H16N2.C2H10O4Si2/c1-2-3-5-8-6-4-7;1-8(2,5)6-7(3)4/h8H,2-7H2,1H3;3-5,7H,1-2H3. The molecule has 0 bridgehead atoms. The van der Waals surface area contributed by atoms with Crippen LogP contribution in [0.3, 0.4) is 0 Å². The smallest absolute Gasteiger partial charge is 0.411 e. The van der Waals surface area contributed by atoms with E-state index in [-0.39, 0.29) is 0 Å². The van der Waals surface area contributed by atoms with Gasteiger partial charge in [0.05, 0.1) is 0 Å². The second-order valence-corrected chi connectivity index (χ2v) is 8.27. The Balaban J connectivity index is 0. The van der Waals surface area contributed by atoms with Gasteiger partial charge in [-0.15, -0.1) is 0 Å². The fourth-order valence-electron chi connectivity index (χ4n) is 0.787. The van der Waals surface area contributed by atoms with Crippen LogP contribution in [0.1, 0.15) is 19.8 Å². The molecular formula is C8H26N2O4Si2. The Labute approximate surface area is 101 Å². The molecule has 6 N–H and O–H groups in total. The van der Waals surface area contributed by atoms with Gasteiger partial charge >= 0.3 is 18.1 Å². The molecule has 0 aromatic carbocycles. The maximum Gasteiger partial charge on any atom is 0.469 e. The van der Waals surface area contributed by atoms with Gasteiger partial charge in [-0.2, -0.15) is 0 Å². The highest BCUT2D eigenvalue weighted by molar-refractivity contribution is 6.68. The van der Waals surface area contributed by atoms with Crippen molar-refractivity contribution in [3.05, 3.63) is 0 Å². The molecule has 0 rings (SSSR count). The summed E-state index contributed by atoms with van der Waals surface area (Å²) in [5, 5.41) is 3.21. The zero-order valence-electron chi connectivity index (χ0n) is 10.4. The van der Waals surface area contributed by atoms with E-state index in [2.05, 4.69) is 16.4 Å². The van der Waals surface area contributed by atoms with Crippen molar-refractivity contribution in [1.82, 2.24) is 5.32 Å². The molecule has 0 heterocycles. The van der Waals surface area contributed by atoms with Crippen LogP contribution >= 0.6 is 0 Å². The van der Waals surface area contributed by atoms with Crippen molar-refractivity contribution in [2.45, 2.75) is 32.9 Å². The number of unbranched alkanes of at least 4 members (excludes halogenated alkanes) is 1. The second kappa shape index (κ2) is 11.7. The lowest BCUT2D eigenvalue weighted by atomic mass is 10.3. The summed E-state index contributed by atoms with van der Waals surface area (Å²) >= 11 is 0. The van der Waals surface area contributed by atoms with E-state index in [1.807, 2.05) is 0 Å². The van der Waals surface area contributed by atoms with Gasteiger partial charge in [-0.1, -0.05) is 13.3 Å². The van der Waals surface area contributed by atoms with Gasteiger partial charge in [0.25, 0.3) is 0 Å². The van der Waals surface area contributed by atoms with Gasteiger partial charge in [-0.25, -0.2) is 0 Å². The molecule has 100 valence electrons. The maximum atomic E-state index is 8.82. The van der Waals surface area contributed by atoms with E-state index < -0.39 is 18.1 Å². The van der Waals surface area contributed by atoms with Crippen LogP contribution < -0.4 is 11.1 Å². The maximum absolute atomic E-state index is 8.82. The van der Waals surface area contributed by atoms with Gasteiger partial charge in [0.1, 0.15) is 0 Å². The molecule has 0 saturated heterocycles. The van der Waals surface area contributed by atoms with Crippen LogP contribution in [0.5, 0.6) is 0 Å². The molecule has 0 spiro atoms. The Morgan fingerprint density at radius 1 is 1.31 bits per heavy atom. The van der Waals surface area contributed by atoms with Gasteiger partial charge in [-0.05, 0) is 26.1 Å². The van der Waals surface area contributed by atoms with Crippen molar-refractivity contribution in [2.24, 2.45) is 5.73 Å². The highest BCUT2D eigenvalue weighted by Crippen LogP contribution is 1.96. The molecule has 8 heteroatoms. The first-order chi connectivity index (χ1) is 7.33. The highest BCUT2D eigenvalue weighted by atomic mass is 28.4. The van der Waals surface area contributed by atoms with Crippen molar-refractivity contribution >= 4 is 18.1 Å². The van der Waals surface area contributed by atoms with E-state index in [4.69, 9.17) is 20.1 Å². The average molecular weight is 270 g/mol. The molecule has 0 aliphatic heterocycles. The van der Waals surface area contributed by atoms with E-state index in [9.17, 15) is 0 Å². The lowest BCUT2D eigenvalue weighted by Crippen LogP contribution is -2.37. The Hall–Kier alpha value is 0.194. The van der Waals surface area contributed by atoms with E-state index in [0.29, 0.717) is 0 Å². The molecule has 0 unspecified atom stereocenters. The summed E-state index contributed by atoms with van der Waals surface area (Å²) in [5.41, 5.74) is 5.25. The van der Waals surface area contributed by atoms with E-state index >= 15 is 0 Å². The SMILES string of the molecule is CCCCNCCN.C[Si](C)(O)O[SiH](O)O. The number of nitrogens with two attached hydrogens (primary N) is 1. The fraction of sp³-hybridized carbons (Fsp3) is 1.00. The van der Waals surface area contributed by atoms with E-state index in [0.717, 1.165) is 19.6 Å². The normalized spacial score (nSPS) is 11.2. The third-order valence-corrected chi connectivity index (χ3v) is 4.57. The minimum atomic E-state index is -2.98. The van der Waals surface area contributed by atoms with Crippen molar-refractivity contribution in [3.8, 4) is 0 Å². The van der Waals surface area contributed by atoms with Gasteiger partial charge in [0.15, 0.2) is 0 Å². The van der Waals surface area contributed by atoms with Crippen LogP contribution in [0.25, 0.3) is 0 Å². The lowest BCUT2D eigenvalue weighted by molar-refractivity contribution is 0.252. The minimum Gasteiger partial charge on any atom is -0.411 e. The average Bonchev–Trinajstić information content (AvgIpc) is 2.09. The van der Waals surface area contributed by atoms with Crippen LogP contribution in [-0.2, 0) is 4.12 Å².